The monoisotopic (exact) mass is 577 g/mol. The topological polar surface area (TPSA) is 148 Å². The Balaban J connectivity index is 3.48. The smallest absolute Gasteiger partial charge is 0.410 e. The zero-order valence-corrected chi connectivity index (χ0v) is 24.1. The highest BCUT2D eigenvalue weighted by Gasteiger charge is 2.40. The Morgan fingerprint density at radius 1 is 1.11 bits per heavy atom. The number of nitrogens with one attached hydrogen (secondary N) is 1. The van der Waals surface area contributed by atoms with E-state index in [-0.39, 0.29) is 42.7 Å². The number of aliphatic carboxylic acids is 1. The molecule has 2 amide bonds. The van der Waals surface area contributed by atoms with E-state index in [0.29, 0.717) is 5.56 Å². The average Bonchev–Trinajstić information content (AvgIpc) is 2.74. The van der Waals surface area contributed by atoms with Crippen LogP contribution in [0.1, 0.15) is 65.0 Å². The van der Waals surface area contributed by atoms with Crippen molar-refractivity contribution in [2.24, 2.45) is 5.41 Å². The molecule has 0 fully saturated rings. The van der Waals surface area contributed by atoms with E-state index in [0.717, 1.165) is 0 Å². The van der Waals surface area contributed by atoms with E-state index in [1.807, 2.05) is 0 Å². The highest BCUT2D eigenvalue weighted by Crippen LogP contribution is 2.43. The van der Waals surface area contributed by atoms with Gasteiger partial charge in [-0.25, -0.2) is 9.59 Å². The summed E-state index contributed by atoms with van der Waals surface area (Å²) in [5, 5.41) is 24.2. The number of ether oxygens (including phenoxy) is 2. The van der Waals surface area contributed by atoms with Crippen molar-refractivity contribution < 1.29 is 33.9 Å². The summed E-state index contributed by atoms with van der Waals surface area (Å²) in [4.78, 5) is 49.6. The first-order valence-electron chi connectivity index (χ1n) is 12.0. The highest BCUT2D eigenvalue weighted by atomic mass is 35.5. The molecular formula is C25H37Cl2N3O8. The van der Waals surface area contributed by atoms with Gasteiger partial charge in [0.2, 0.25) is 0 Å². The summed E-state index contributed by atoms with van der Waals surface area (Å²) in [6.07, 6.45) is -2.00. The second-order valence-corrected chi connectivity index (χ2v) is 11.5. The quantitative estimate of drug-likeness (QED) is 0.187. The van der Waals surface area contributed by atoms with Crippen LogP contribution < -0.4 is 5.32 Å². The number of alkyl halides is 2. The van der Waals surface area contributed by atoms with Crippen LogP contribution >= 0.6 is 23.2 Å². The number of hydrogen-bond donors (Lipinski definition) is 2. The number of nitro benzene ring substituents is 1. The second-order valence-electron chi connectivity index (χ2n) is 10.8. The predicted octanol–water partition coefficient (Wildman–Crippen LogP) is 5.51. The van der Waals surface area contributed by atoms with Gasteiger partial charge in [-0.05, 0) is 43.9 Å². The minimum absolute atomic E-state index is 0.191. The maximum Gasteiger partial charge on any atom is 0.410 e. The normalized spacial score (nSPS) is 13.3. The van der Waals surface area contributed by atoms with E-state index >= 15 is 0 Å². The Labute approximate surface area is 232 Å². The number of carbonyl (C=O) groups excluding carboxylic acids is 2. The van der Waals surface area contributed by atoms with Crippen LogP contribution in [0.25, 0.3) is 0 Å². The fraction of sp³-hybridized carbons (Fsp3) is 0.640. The SMILES string of the molecule is CC(C)(C)OC(=O)N[C@H](CC(=O)O)C(c1cc(COC(=O)N(CCCl)CCCl)ccc1[N+](=O)[O-])C(C)(C)C. The second kappa shape index (κ2) is 14.4. The Morgan fingerprint density at radius 2 is 1.68 bits per heavy atom. The Kier molecular flexibility index (Phi) is 12.6. The van der Waals surface area contributed by atoms with Gasteiger partial charge in [-0.2, -0.15) is 0 Å². The van der Waals surface area contributed by atoms with Gasteiger partial charge in [0.05, 0.1) is 17.4 Å². The lowest BCUT2D eigenvalue weighted by Crippen LogP contribution is -2.46. The number of nitro groups is 1. The van der Waals surface area contributed by atoms with Crippen LogP contribution in [-0.4, -0.2) is 69.6 Å². The molecule has 0 radical (unpaired) electrons. The van der Waals surface area contributed by atoms with E-state index < -0.39 is 52.5 Å². The van der Waals surface area contributed by atoms with Crippen LogP contribution in [0.5, 0.6) is 0 Å². The van der Waals surface area contributed by atoms with E-state index in [2.05, 4.69) is 5.32 Å². The van der Waals surface area contributed by atoms with Crippen molar-refractivity contribution in [2.75, 3.05) is 24.8 Å². The number of carbonyl (C=O) groups is 3. The summed E-state index contributed by atoms with van der Waals surface area (Å²) in [6.45, 7) is 10.6. The lowest BCUT2D eigenvalue weighted by Gasteiger charge is -2.37. The summed E-state index contributed by atoms with van der Waals surface area (Å²) in [5.74, 6) is -1.65. The van der Waals surface area contributed by atoms with Gasteiger partial charge in [0.25, 0.3) is 5.69 Å². The third-order valence-electron chi connectivity index (χ3n) is 5.39. The lowest BCUT2D eigenvalue weighted by atomic mass is 9.70. The van der Waals surface area contributed by atoms with Gasteiger partial charge in [0.15, 0.2) is 0 Å². The van der Waals surface area contributed by atoms with Crippen LogP contribution in [0.2, 0.25) is 0 Å². The minimum atomic E-state index is -1.20. The molecule has 0 spiro atoms. The molecule has 1 unspecified atom stereocenters. The molecule has 1 rings (SSSR count). The van der Waals surface area contributed by atoms with Crippen molar-refractivity contribution in [3.8, 4) is 0 Å². The van der Waals surface area contributed by atoms with Crippen molar-refractivity contribution in [3.05, 3.63) is 39.4 Å². The van der Waals surface area contributed by atoms with E-state index in [1.54, 1.807) is 41.5 Å². The van der Waals surface area contributed by atoms with Crippen LogP contribution in [-0.2, 0) is 20.9 Å². The molecule has 2 N–H and O–H groups in total. The van der Waals surface area contributed by atoms with Crippen LogP contribution in [0.3, 0.4) is 0 Å². The molecule has 0 heterocycles. The first kappa shape index (κ1) is 33.2. The van der Waals surface area contributed by atoms with Crippen LogP contribution in [0.4, 0.5) is 15.3 Å². The third-order valence-corrected chi connectivity index (χ3v) is 5.72. The van der Waals surface area contributed by atoms with Gasteiger partial charge < -0.3 is 24.8 Å². The summed E-state index contributed by atoms with van der Waals surface area (Å²) in [6, 6.07) is 3.18. The van der Waals surface area contributed by atoms with Gasteiger partial charge in [-0.15, -0.1) is 23.2 Å². The minimum Gasteiger partial charge on any atom is -0.481 e. The average molecular weight is 578 g/mol. The number of carboxylic acid groups (broad SMARTS) is 1. The molecule has 38 heavy (non-hydrogen) atoms. The Hall–Kier alpha value is -2.79. The molecule has 2 atom stereocenters. The van der Waals surface area contributed by atoms with Crippen molar-refractivity contribution in [1.29, 1.82) is 0 Å². The molecule has 0 aliphatic rings. The summed E-state index contributed by atoms with van der Waals surface area (Å²) < 4.78 is 10.7. The van der Waals surface area contributed by atoms with E-state index in [1.165, 1.54) is 23.1 Å². The van der Waals surface area contributed by atoms with Crippen LogP contribution in [0, 0.1) is 15.5 Å². The highest BCUT2D eigenvalue weighted by molar-refractivity contribution is 6.18. The van der Waals surface area contributed by atoms with Crippen molar-refractivity contribution in [2.45, 2.75) is 72.1 Å². The molecule has 0 aliphatic carbocycles. The van der Waals surface area contributed by atoms with Gasteiger partial charge >= 0.3 is 18.2 Å². The number of amides is 2. The van der Waals surface area contributed by atoms with Gasteiger partial charge in [-0.1, -0.05) is 20.8 Å². The van der Waals surface area contributed by atoms with Gasteiger partial charge in [0, 0.05) is 42.4 Å². The number of benzene rings is 1. The number of carboxylic acids is 1. The molecule has 0 saturated heterocycles. The first-order chi connectivity index (χ1) is 17.5. The number of halogens is 2. The zero-order valence-electron chi connectivity index (χ0n) is 22.6. The van der Waals surface area contributed by atoms with Crippen molar-refractivity contribution in [3.63, 3.8) is 0 Å². The third kappa shape index (κ3) is 10.9. The van der Waals surface area contributed by atoms with Gasteiger partial charge in [0.1, 0.15) is 12.2 Å². The van der Waals surface area contributed by atoms with Crippen molar-refractivity contribution in [1.82, 2.24) is 10.2 Å². The maximum atomic E-state index is 12.6. The number of nitrogens with zero attached hydrogens (tertiary/aromatic N) is 2. The molecule has 0 aliphatic heterocycles. The molecule has 1 aromatic rings. The molecule has 0 saturated carbocycles. The van der Waals surface area contributed by atoms with Crippen LogP contribution in [0.15, 0.2) is 18.2 Å². The summed E-state index contributed by atoms with van der Waals surface area (Å²) in [5.41, 5.74) is -1.21. The molecule has 214 valence electrons. The largest absolute Gasteiger partial charge is 0.481 e. The molecule has 1 aromatic carbocycles. The van der Waals surface area contributed by atoms with E-state index in [9.17, 15) is 29.6 Å². The van der Waals surface area contributed by atoms with Gasteiger partial charge in [-0.3, -0.25) is 14.9 Å². The Bertz CT molecular complexity index is 986. The molecular weight excluding hydrogens is 541 g/mol. The number of hydrogen-bond acceptors (Lipinski definition) is 7. The fourth-order valence-corrected chi connectivity index (χ4v) is 4.44. The van der Waals surface area contributed by atoms with E-state index in [4.69, 9.17) is 32.7 Å². The maximum absolute atomic E-state index is 12.6. The zero-order chi connectivity index (χ0) is 29.3. The summed E-state index contributed by atoms with van der Waals surface area (Å²) in [7, 11) is 0. The predicted molar refractivity (Wildman–Crippen MR) is 144 cm³/mol. The molecule has 11 nitrogen and oxygen atoms in total. The number of alkyl carbamates (subject to hydrolysis) is 1. The number of rotatable bonds is 12. The first-order valence-corrected chi connectivity index (χ1v) is 13.1. The fourth-order valence-electron chi connectivity index (χ4n) is 4.03. The molecule has 13 heteroatoms. The molecule has 0 aromatic heterocycles. The lowest BCUT2D eigenvalue weighted by molar-refractivity contribution is -0.386. The Morgan fingerprint density at radius 3 is 2.13 bits per heavy atom. The summed E-state index contributed by atoms with van der Waals surface area (Å²) >= 11 is 11.5. The standard InChI is InChI=1S/C25H37Cl2N3O8/c1-24(2,3)21(18(14-20(31)32)28-22(33)38-25(4,5)6)17-13-16(7-8-19(17)30(35)36)15-37-23(34)29(11-9-26)12-10-27/h7-8,13,18,21H,9-12,14-15H2,1-6H3,(H,28,33)(H,31,32)/t18-,21?/m1/s1. The van der Waals surface area contributed by atoms with Crippen molar-refractivity contribution >= 4 is 47.0 Å². The molecule has 0 bridgehead atoms.